The quantitative estimate of drug-likeness (QED) is 0.0763. The van der Waals surface area contributed by atoms with Gasteiger partial charge in [-0.1, -0.05) is 0 Å². The number of halogens is 1. The number of carboxylic acid groups (broad SMARTS) is 1. The molecule has 4 aromatic carbocycles. The number of ether oxygens (including phenoxy) is 2. The number of carboxylic acids is 1. The Bertz CT molecular complexity index is 2770. The summed E-state index contributed by atoms with van der Waals surface area (Å²) in [7, 11) is -1.49. The molecule has 0 saturated carbocycles. The normalized spacial score (nSPS) is 16.6. The lowest BCUT2D eigenvalue weighted by molar-refractivity contribution is -0.137. The van der Waals surface area contributed by atoms with Gasteiger partial charge >= 0.3 is 5.97 Å². The van der Waals surface area contributed by atoms with E-state index in [1.165, 1.54) is 116 Å². The van der Waals surface area contributed by atoms with Crippen LogP contribution in [-0.2, 0) is 29.6 Å². The van der Waals surface area contributed by atoms with Gasteiger partial charge in [-0.25, -0.2) is 25.4 Å². The Morgan fingerprint density at radius 2 is 0.863 bits per heavy atom. The Hall–Kier alpha value is -5.23. The van der Waals surface area contributed by atoms with E-state index in [0.29, 0.717) is 39.4 Å². The van der Waals surface area contributed by atoms with E-state index < -0.39 is 26.0 Å². The molecule has 4 N–H and O–H groups in total. The lowest BCUT2D eigenvalue weighted by Crippen LogP contribution is -2.48. The molecule has 0 spiro atoms. The average Bonchev–Trinajstić information content (AvgIpc) is 4.17. The lowest BCUT2D eigenvalue weighted by atomic mass is 10.1. The van der Waals surface area contributed by atoms with E-state index >= 15 is 0 Å². The first-order valence-electron chi connectivity index (χ1n) is 27.8. The molecule has 4 fully saturated rings. The van der Waals surface area contributed by atoms with Crippen LogP contribution in [0.15, 0.2) is 82.6 Å². The standard InChI is InChI=1S/C29H43N5O4S.C16H26N4.C13H19NO5S.ClH/c1-23-21-27(38-4)22-24(2)29(23)39(36,37)31(3)14-11-28(35)30-25-7-9-26(10-8-25)34-19-17-33(18-20-34)16-15-32-12-5-6-13-32;17-15-3-5-16(6-4-15)20-13-11-19(12-14-20)10-9-18-7-1-2-8-18;1-9-7-11(19-4)8-10(2)13(9)20(17,18)14(3)6-5-12(15)16;/h7-10,21-22H,5-6,11-20H2,1-4H3,(H,30,35);3-6H,1-2,7-14,17H2;7-8H,5-6H2,1-4H3,(H,15,16);1H. The largest absolute Gasteiger partial charge is 0.497 e. The molecule has 4 aliphatic rings. The minimum absolute atomic E-state index is 0. The van der Waals surface area contributed by atoms with Crippen molar-refractivity contribution in [2.24, 2.45) is 0 Å². The maximum Gasteiger partial charge on any atom is 0.304 e. The number of nitrogen functional groups attached to an aromatic ring is 1. The fourth-order valence-corrected chi connectivity index (χ4v) is 13.8. The zero-order valence-electron chi connectivity index (χ0n) is 48.5. The van der Waals surface area contributed by atoms with Crippen LogP contribution in [0.5, 0.6) is 11.5 Å². The second-order valence-electron chi connectivity index (χ2n) is 21.2. The molecule has 4 aliphatic heterocycles. The number of nitrogens with two attached hydrogens (primary N) is 1. The van der Waals surface area contributed by atoms with E-state index in [0.717, 1.165) is 61.5 Å². The van der Waals surface area contributed by atoms with Crippen LogP contribution in [0, 0.1) is 27.7 Å². The number of anilines is 4. The third-order valence-corrected chi connectivity index (χ3v) is 19.7. The minimum atomic E-state index is -3.74. The average molecular weight is 1170 g/mol. The van der Waals surface area contributed by atoms with Gasteiger partial charge < -0.3 is 45.2 Å². The summed E-state index contributed by atoms with van der Waals surface area (Å²) < 4.78 is 64.0. The smallest absolute Gasteiger partial charge is 0.304 e. The number of methoxy groups -OCH3 is 2. The van der Waals surface area contributed by atoms with Crippen molar-refractivity contribution in [3.8, 4) is 11.5 Å². The number of hydrogen-bond acceptors (Lipinski definition) is 15. The highest BCUT2D eigenvalue weighted by atomic mass is 35.5. The molecule has 0 aromatic heterocycles. The molecule has 22 heteroatoms. The summed E-state index contributed by atoms with van der Waals surface area (Å²) in [5.41, 5.74) is 12.1. The Kier molecular flexibility index (Phi) is 25.6. The van der Waals surface area contributed by atoms with Crippen molar-refractivity contribution >= 4 is 67.1 Å². The van der Waals surface area contributed by atoms with E-state index in [2.05, 4.69) is 46.8 Å². The monoisotopic (exact) mass is 1170 g/mol. The second kappa shape index (κ2) is 31.3. The third kappa shape index (κ3) is 18.9. The van der Waals surface area contributed by atoms with Gasteiger partial charge in [-0.2, -0.15) is 0 Å². The molecule has 1 amide bonds. The molecule has 19 nitrogen and oxygen atoms in total. The van der Waals surface area contributed by atoms with Gasteiger partial charge in [0.1, 0.15) is 11.5 Å². The number of nitrogens with one attached hydrogen (secondary N) is 1. The summed E-state index contributed by atoms with van der Waals surface area (Å²) in [5.74, 6) is -0.0471. The van der Waals surface area contributed by atoms with Crippen molar-refractivity contribution in [3.63, 3.8) is 0 Å². The SMILES string of the molecule is COc1cc(C)c(S(=O)(=O)N(C)CCC(=O)Nc2ccc(N3CCN(CCN4CCCC4)CC3)cc2)c(C)c1.COc1cc(C)c(S(=O)(=O)N(C)CCC(=O)O)c(C)c1.Cl.Nc1ccc(N2CCN(CCN3CCCC3)CC2)cc1. The lowest BCUT2D eigenvalue weighted by Gasteiger charge is -2.36. The highest BCUT2D eigenvalue weighted by Crippen LogP contribution is 2.30. The topological polar surface area (TPSA) is 205 Å². The fourth-order valence-electron chi connectivity index (χ4n) is 10.6. The van der Waals surface area contributed by atoms with Crippen LogP contribution in [0.25, 0.3) is 0 Å². The number of likely N-dealkylation sites (tertiary alicyclic amines) is 2. The van der Waals surface area contributed by atoms with Gasteiger partial charge in [0.15, 0.2) is 0 Å². The van der Waals surface area contributed by atoms with Crippen molar-refractivity contribution in [1.82, 2.24) is 28.2 Å². The molecule has 0 atom stereocenters. The summed E-state index contributed by atoms with van der Waals surface area (Å²) in [6.07, 6.45) is 5.30. The number of amides is 1. The zero-order chi connectivity index (χ0) is 57.3. The van der Waals surface area contributed by atoms with Gasteiger partial charge in [0.25, 0.3) is 0 Å². The van der Waals surface area contributed by atoms with Crippen molar-refractivity contribution in [3.05, 3.63) is 95.1 Å². The summed E-state index contributed by atoms with van der Waals surface area (Å²) in [4.78, 5) is 38.8. The van der Waals surface area contributed by atoms with Crippen LogP contribution >= 0.6 is 12.4 Å². The number of rotatable bonds is 21. The predicted molar refractivity (Wildman–Crippen MR) is 323 cm³/mol. The zero-order valence-corrected chi connectivity index (χ0v) is 50.9. The fraction of sp³-hybridized carbons (Fsp3) is 0.552. The number of sulfonamides is 2. The highest BCUT2D eigenvalue weighted by molar-refractivity contribution is 7.89. The molecule has 0 bridgehead atoms. The van der Waals surface area contributed by atoms with Crippen molar-refractivity contribution in [2.45, 2.75) is 76.0 Å². The van der Waals surface area contributed by atoms with Gasteiger partial charge in [-0.3, -0.25) is 19.4 Å². The van der Waals surface area contributed by atoms with E-state index in [4.69, 9.17) is 20.3 Å². The highest BCUT2D eigenvalue weighted by Gasteiger charge is 2.28. The number of piperazine rings is 2. The van der Waals surface area contributed by atoms with Gasteiger partial charge in [0, 0.05) is 135 Å². The summed E-state index contributed by atoms with van der Waals surface area (Å²) in [5, 5.41) is 11.5. The van der Waals surface area contributed by atoms with Gasteiger partial charge in [0.2, 0.25) is 26.0 Å². The summed E-state index contributed by atoms with van der Waals surface area (Å²) in [6.45, 7) is 25.6. The van der Waals surface area contributed by atoms with E-state index in [-0.39, 0.29) is 54.0 Å². The maximum atomic E-state index is 13.2. The number of carbonyl (C=O) groups excluding carboxylic acids is 1. The summed E-state index contributed by atoms with van der Waals surface area (Å²) >= 11 is 0. The molecule has 4 saturated heterocycles. The van der Waals surface area contributed by atoms with Gasteiger partial charge in [-0.15, -0.1) is 12.4 Å². The van der Waals surface area contributed by atoms with Crippen molar-refractivity contribution in [2.75, 3.05) is 167 Å². The predicted octanol–water partition coefficient (Wildman–Crippen LogP) is 6.49. The number of benzene rings is 4. The molecular formula is C58H89ClN10O9S2. The molecule has 4 heterocycles. The number of hydrogen-bond donors (Lipinski definition) is 3. The Labute approximate surface area is 483 Å². The van der Waals surface area contributed by atoms with Gasteiger partial charge in [0.05, 0.1) is 30.4 Å². The number of nitrogens with zero attached hydrogens (tertiary/aromatic N) is 8. The summed E-state index contributed by atoms with van der Waals surface area (Å²) in [6, 6.07) is 22.9. The molecule has 4 aromatic rings. The number of carbonyl (C=O) groups is 2. The molecule has 80 heavy (non-hydrogen) atoms. The van der Waals surface area contributed by atoms with Crippen molar-refractivity contribution < 1.29 is 41.0 Å². The molecule has 0 unspecified atom stereocenters. The molecule has 444 valence electrons. The van der Waals surface area contributed by atoms with Crippen LogP contribution in [0.4, 0.5) is 22.7 Å². The van der Waals surface area contributed by atoms with Crippen molar-refractivity contribution in [1.29, 1.82) is 0 Å². The molecular weight excluding hydrogens is 1080 g/mol. The number of aryl methyl sites for hydroxylation is 4. The van der Waals surface area contributed by atoms with E-state index in [1.807, 2.05) is 36.4 Å². The first-order valence-corrected chi connectivity index (χ1v) is 30.7. The maximum absolute atomic E-state index is 13.2. The molecule has 8 rings (SSSR count). The third-order valence-electron chi connectivity index (χ3n) is 15.4. The van der Waals surface area contributed by atoms with Crippen LogP contribution in [0.2, 0.25) is 0 Å². The van der Waals surface area contributed by atoms with Crippen LogP contribution in [0.3, 0.4) is 0 Å². The Morgan fingerprint density at radius 3 is 1.20 bits per heavy atom. The number of aliphatic carboxylic acids is 1. The van der Waals surface area contributed by atoms with Crippen LogP contribution < -0.4 is 30.3 Å². The van der Waals surface area contributed by atoms with Gasteiger partial charge in [-0.05, 0) is 175 Å². The first kappa shape index (κ1) is 65.6. The first-order chi connectivity index (χ1) is 37.7. The molecule has 0 radical (unpaired) electrons. The van der Waals surface area contributed by atoms with E-state index in [9.17, 15) is 26.4 Å². The second-order valence-corrected chi connectivity index (χ2v) is 25.1. The Balaban J connectivity index is 0.000000241. The van der Waals surface area contributed by atoms with Crippen LogP contribution in [0.1, 0.15) is 60.8 Å². The Morgan fingerprint density at radius 1 is 0.537 bits per heavy atom. The van der Waals surface area contributed by atoms with Crippen LogP contribution in [-0.4, -0.2) is 208 Å². The van der Waals surface area contributed by atoms with E-state index in [1.54, 1.807) is 59.1 Å². The minimum Gasteiger partial charge on any atom is -0.497 e. The molecule has 0 aliphatic carbocycles.